The van der Waals surface area contributed by atoms with E-state index in [0.29, 0.717) is 0 Å². The van der Waals surface area contributed by atoms with Crippen LogP contribution in [0.5, 0.6) is 0 Å². The summed E-state index contributed by atoms with van der Waals surface area (Å²) < 4.78 is 0. The highest BCUT2D eigenvalue weighted by Crippen LogP contribution is 2.35. The molecule has 2 rings (SSSR count). The molecule has 0 amide bonds. The molecule has 0 fully saturated rings. The van der Waals surface area contributed by atoms with Crippen molar-refractivity contribution in [1.82, 2.24) is 4.98 Å². The zero-order chi connectivity index (χ0) is 9.47. The Hall–Kier alpha value is -1.05. The van der Waals surface area contributed by atoms with Crippen LogP contribution in [-0.2, 0) is 11.8 Å². The van der Waals surface area contributed by atoms with Gasteiger partial charge in [0.05, 0.1) is 11.9 Å². The molecule has 0 saturated heterocycles. The Morgan fingerprint density at radius 1 is 1.46 bits per heavy atom. The predicted octanol–water partition coefficient (Wildman–Crippen LogP) is 2.28. The Balaban J connectivity index is 2.53. The Bertz CT molecular complexity index is 329. The number of aryl methyl sites for hydroxylation is 1. The van der Waals surface area contributed by atoms with E-state index in [4.69, 9.17) is 5.73 Å². The van der Waals surface area contributed by atoms with E-state index in [-0.39, 0.29) is 5.41 Å². The number of nitrogens with two attached hydrogens (primary N) is 1. The lowest BCUT2D eigenvalue weighted by molar-refractivity contribution is 0.418. The highest BCUT2D eigenvalue weighted by Gasteiger charge is 2.28. The lowest BCUT2D eigenvalue weighted by atomic mass is 9.76. The van der Waals surface area contributed by atoms with Crippen LogP contribution in [-0.4, -0.2) is 4.98 Å². The third kappa shape index (κ3) is 1.41. The van der Waals surface area contributed by atoms with Crippen molar-refractivity contribution in [3.8, 4) is 0 Å². The molecule has 1 aliphatic rings. The zero-order valence-corrected chi connectivity index (χ0v) is 8.30. The first-order valence-corrected chi connectivity index (χ1v) is 4.84. The maximum absolute atomic E-state index is 5.71. The van der Waals surface area contributed by atoms with Crippen LogP contribution in [0.4, 0.5) is 5.69 Å². The minimum Gasteiger partial charge on any atom is -0.397 e. The van der Waals surface area contributed by atoms with Crippen LogP contribution in [0.15, 0.2) is 12.3 Å². The van der Waals surface area contributed by atoms with Gasteiger partial charge in [0.15, 0.2) is 0 Å². The smallest absolute Gasteiger partial charge is 0.0503 e. The first-order valence-electron chi connectivity index (χ1n) is 4.84. The summed E-state index contributed by atoms with van der Waals surface area (Å²) in [7, 11) is 0. The summed E-state index contributed by atoms with van der Waals surface area (Å²) in [5, 5.41) is 0. The molecule has 2 N–H and O–H groups in total. The summed E-state index contributed by atoms with van der Waals surface area (Å²) in [5.41, 5.74) is 9.32. The summed E-state index contributed by atoms with van der Waals surface area (Å²) in [6, 6.07) is 2.07. The summed E-state index contributed by atoms with van der Waals surface area (Å²) in [6.07, 6.45) is 5.39. The maximum Gasteiger partial charge on any atom is 0.0503 e. The van der Waals surface area contributed by atoms with Crippen molar-refractivity contribution in [2.45, 2.75) is 38.5 Å². The first-order chi connectivity index (χ1) is 6.09. The second-order valence-corrected chi connectivity index (χ2v) is 4.51. The third-order valence-electron chi connectivity index (χ3n) is 2.88. The fourth-order valence-corrected chi connectivity index (χ4v) is 2.17. The normalized spacial score (nSPS) is 19.5. The van der Waals surface area contributed by atoms with Crippen molar-refractivity contribution >= 4 is 5.69 Å². The molecule has 70 valence electrons. The number of aromatic nitrogens is 1. The maximum atomic E-state index is 5.71. The van der Waals surface area contributed by atoms with Crippen LogP contribution < -0.4 is 5.73 Å². The summed E-state index contributed by atoms with van der Waals surface area (Å²) in [4.78, 5) is 4.45. The van der Waals surface area contributed by atoms with Gasteiger partial charge in [-0.1, -0.05) is 13.8 Å². The molecule has 0 spiro atoms. The molecule has 1 aromatic heterocycles. The molecule has 0 bridgehead atoms. The van der Waals surface area contributed by atoms with E-state index in [0.717, 1.165) is 12.1 Å². The fourth-order valence-electron chi connectivity index (χ4n) is 2.17. The van der Waals surface area contributed by atoms with Gasteiger partial charge in [0.1, 0.15) is 0 Å². The lowest BCUT2D eigenvalue weighted by Crippen LogP contribution is -2.25. The largest absolute Gasteiger partial charge is 0.397 e. The van der Waals surface area contributed by atoms with E-state index >= 15 is 0 Å². The second-order valence-electron chi connectivity index (χ2n) is 4.51. The molecule has 0 atom stereocenters. The number of pyridine rings is 1. The first kappa shape index (κ1) is 8.54. The third-order valence-corrected chi connectivity index (χ3v) is 2.88. The molecule has 0 aromatic carbocycles. The van der Waals surface area contributed by atoms with Crippen LogP contribution in [0.3, 0.4) is 0 Å². The van der Waals surface area contributed by atoms with Crippen molar-refractivity contribution in [2.75, 3.05) is 5.73 Å². The highest BCUT2D eigenvalue weighted by molar-refractivity contribution is 5.43. The van der Waals surface area contributed by atoms with Gasteiger partial charge >= 0.3 is 0 Å². The lowest BCUT2D eigenvalue weighted by Gasteiger charge is -2.31. The Kier molecular flexibility index (Phi) is 1.79. The second kappa shape index (κ2) is 2.72. The van der Waals surface area contributed by atoms with Crippen LogP contribution in [0.25, 0.3) is 0 Å². The van der Waals surface area contributed by atoms with Crippen LogP contribution in [0.2, 0.25) is 0 Å². The van der Waals surface area contributed by atoms with Gasteiger partial charge in [0, 0.05) is 11.1 Å². The number of hydrogen-bond donors (Lipinski definition) is 1. The monoisotopic (exact) mass is 176 g/mol. The van der Waals surface area contributed by atoms with Crippen LogP contribution >= 0.6 is 0 Å². The summed E-state index contributed by atoms with van der Waals surface area (Å²) >= 11 is 0. The molecule has 0 unspecified atom stereocenters. The number of hydrogen-bond acceptors (Lipinski definition) is 2. The van der Waals surface area contributed by atoms with E-state index in [1.165, 1.54) is 24.1 Å². The molecule has 1 aliphatic carbocycles. The van der Waals surface area contributed by atoms with Gasteiger partial charge < -0.3 is 5.73 Å². The van der Waals surface area contributed by atoms with E-state index in [1.807, 2.05) is 0 Å². The number of nitrogen functional groups attached to an aromatic ring is 1. The zero-order valence-electron chi connectivity index (χ0n) is 8.30. The van der Waals surface area contributed by atoms with Gasteiger partial charge in [-0.25, -0.2) is 0 Å². The number of nitrogens with zero attached hydrogens (tertiary/aromatic N) is 1. The average molecular weight is 176 g/mol. The molecular weight excluding hydrogens is 160 g/mol. The van der Waals surface area contributed by atoms with Crippen LogP contribution in [0.1, 0.15) is 37.9 Å². The SMILES string of the molecule is CC1(C)CCCc2cc(N)cnc21. The highest BCUT2D eigenvalue weighted by atomic mass is 14.7. The number of anilines is 1. The van der Waals surface area contributed by atoms with Gasteiger partial charge in [0.25, 0.3) is 0 Å². The van der Waals surface area contributed by atoms with E-state index in [9.17, 15) is 0 Å². The van der Waals surface area contributed by atoms with E-state index in [1.54, 1.807) is 6.20 Å². The molecule has 2 nitrogen and oxygen atoms in total. The van der Waals surface area contributed by atoms with Crippen molar-refractivity contribution < 1.29 is 0 Å². The summed E-state index contributed by atoms with van der Waals surface area (Å²) in [6.45, 7) is 4.52. The minimum atomic E-state index is 0.237. The molecular formula is C11H16N2. The molecule has 0 aliphatic heterocycles. The average Bonchev–Trinajstić information content (AvgIpc) is 2.02. The molecule has 2 heteroatoms. The predicted molar refractivity (Wildman–Crippen MR) is 54.6 cm³/mol. The Morgan fingerprint density at radius 2 is 2.23 bits per heavy atom. The topological polar surface area (TPSA) is 38.9 Å². The van der Waals surface area contributed by atoms with Crippen molar-refractivity contribution in [1.29, 1.82) is 0 Å². The van der Waals surface area contributed by atoms with Gasteiger partial charge in [-0.3, -0.25) is 4.98 Å². The Morgan fingerprint density at radius 3 is 3.00 bits per heavy atom. The summed E-state index contributed by atoms with van der Waals surface area (Å²) in [5.74, 6) is 0. The van der Waals surface area contributed by atoms with E-state index in [2.05, 4.69) is 24.9 Å². The quantitative estimate of drug-likeness (QED) is 0.658. The van der Waals surface area contributed by atoms with Gasteiger partial charge in [-0.2, -0.15) is 0 Å². The van der Waals surface area contributed by atoms with E-state index < -0.39 is 0 Å². The number of fused-ring (bicyclic) bond motifs is 1. The Labute approximate surface area is 79.2 Å². The molecule has 1 heterocycles. The molecule has 13 heavy (non-hydrogen) atoms. The molecule has 1 aromatic rings. The van der Waals surface area contributed by atoms with Crippen molar-refractivity contribution in [3.63, 3.8) is 0 Å². The standard InChI is InChI=1S/C11H16N2/c1-11(2)5-3-4-8-6-9(12)7-13-10(8)11/h6-7H,3-5,12H2,1-2H3. The minimum absolute atomic E-state index is 0.237. The molecule has 0 radical (unpaired) electrons. The van der Waals surface area contributed by atoms with Gasteiger partial charge in [-0.05, 0) is 30.9 Å². The number of rotatable bonds is 0. The van der Waals surface area contributed by atoms with Gasteiger partial charge in [-0.15, -0.1) is 0 Å². The van der Waals surface area contributed by atoms with Crippen molar-refractivity contribution in [3.05, 3.63) is 23.5 Å². The van der Waals surface area contributed by atoms with Crippen molar-refractivity contribution in [2.24, 2.45) is 0 Å². The van der Waals surface area contributed by atoms with Crippen LogP contribution in [0, 0.1) is 0 Å². The van der Waals surface area contributed by atoms with Gasteiger partial charge in [0.2, 0.25) is 0 Å². The molecule has 0 saturated carbocycles. The fraction of sp³-hybridized carbons (Fsp3) is 0.545.